The molecule has 0 saturated heterocycles. The van der Waals surface area contributed by atoms with Gasteiger partial charge in [-0.3, -0.25) is 4.79 Å². The van der Waals surface area contributed by atoms with Crippen LogP contribution in [0.2, 0.25) is 0 Å². The van der Waals surface area contributed by atoms with Crippen molar-refractivity contribution in [3.8, 4) is 0 Å². The Morgan fingerprint density at radius 3 is 2.80 bits per heavy atom. The van der Waals surface area contributed by atoms with Crippen LogP contribution in [0.3, 0.4) is 0 Å². The minimum Gasteiger partial charge on any atom is -0.349 e. The van der Waals surface area contributed by atoms with E-state index in [0.29, 0.717) is 31.3 Å². The Labute approximate surface area is 121 Å². The maximum absolute atomic E-state index is 11.9. The van der Waals surface area contributed by atoms with Crippen LogP contribution in [-0.4, -0.2) is 27.2 Å². The first-order valence-corrected chi connectivity index (χ1v) is 7.41. The number of nitrogens with zero attached hydrogens (tertiary/aromatic N) is 3. The number of nitrogens with two attached hydrogens (primary N) is 1. The Hall–Kier alpha value is -1.43. The van der Waals surface area contributed by atoms with E-state index < -0.39 is 0 Å². The van der Waals surface area contributed by atoms with Gasteiger partial charge in [-0.15, -0.1) is 10.2 Å². The molecule has 0 aliphatic carbocycles. The molecule has 1 amide bonds. The number of hydrogen-bond acceptors (Lipinski definition) is 4. The minimum atomic E-state index is 0.0679. The summed E-state index contributed by atoms with van der Waals surface area (Å²) in [5, 5.41) is 10.7. The first-order chi connectivity index (χ1) is 9.58. The van der Waals surface area contributed by atoms with Crippen molar-refractivity contribution in [2.75, 3.05) is 6.54 Å². The number of hydrogen-bond donors (Lipinski definition) is 2. The molecule has 1 heterocycles. The van der Waals surface area contributed by atoms with Crippen molar-refractivity contribution < 1.29 is 4.79 Å². The summed E-state index contributed by atoms with van der Waals surface area (Å²) in [6.45, 7) is 8.32. The number of amides is 1. The van der Waals surface area contributed by atoms with Crippen LogP contribution in [-0.2, 0) is 17.9 Å². The summed E-state index contributed by atoms with van der Waals surface area (Å²) in [4.78, 5) is 11.9. The van der Waals surface area contributed by atoms with Crippen LogP contribution in [0.5, 0.6) is 0 Å². The molecule has 0 radical (unpaired) electrons. The molecule has 0 saturated carbocycles. The fourth-order valence-electron chi connectivity index (χ4n) is 2.29. The zero-order valence-electron chi connectivity index (χ0n) is 12.8. The number of aryl methyl sites for hydroxylation is 1. The summed E-state index contributed by atoms with van der Waals surface area (Å²) in [6.07, 6.45) is 4.09. The molecule has 0 aromatic carbocycles. The van der Waals surface area contributed by atoms with Crippen molar-refractivity contribution in [2.45, 2.75) is 53.1 Å². The molecule has 0 aliphatic heterocycles. The molecule has 3 N–H and O–H groups in total. The second kappa shape index (κ2) is 8.68. The van der Waals surface area contributed by atoms with Crippen LogP contribution in [0, 0.1) is 11.8 Å². The lowest BCUT2D eigenvalue weighted by Crippen LogP contribution is -2.26. The van der Waals surface area contributed by atoms with Gasteiger partial charge in [0, 0.05) is 13.0 Å². The smallest absolute Gasteiger partial charge is 0.220 e. The van der Waals surface area contributed by atoms with Gasteiger partial charge in [0.25, 0.3) is 0 Å². The van der Waals surface area contributed by atoms with Crippen molar-refractivity contribution in [1.29, 1.82) is 0 Å². The monoisotopic (exact) mass is 281 g/mol. The van der Waals surface area contributed by atoms with Crippen LogP contribution in [0.4, 0.5) is 0 Å². The second-order valence-corrected chi connectivity index (χ2v) is 5.43. The summed E-state index contributed by atoms with van der Waals surface area (Å²) in [6, 6.07) is 0. The van der Waals surface area contributed by atoms with Crippen LogP contribution < -0.4 is 11.1 Å². The number of carbonyl (C=O) groups excluding carboxylic acids is 1. The molecule has 1 aromatic heterocycles. The highest BCUT2D eigenvalue weighted by Gasteiger charge is 2.14. The van der Waals surface area contributed by atoms with Gasteiger partial charge >= 0.3 is 0 Å². The van der Waals surface area contributed by atoms with E-state index in [9.17, 15) is 4.79 Å². The SMILES string of the molecule is CCn1cnnc1CNC(=O)CCC(CCN)C(C)C. The van der Waals surface area contributed by atoms with Gasteiger partial charge in [0.05, 0.1) is 6.54 Å². The van der Waals surface area contributed by atoms with Crippen LogP contribution in [0.1, 0.15) is 45.9 Å². The lowest BCUT2D eigenvalue weighted by molar-refractivity contribution is -0.121. The highest BCUT2D eigenvalue weighted by molar-refractivity contribution is 5.75. The van der Waals surface area contributed by atoms with Gasteiger partial charge in [0.2, 0.25) is 5.91 Å². The van der Waals surface area contributed by atoms with Crippen molar-refractivity contribution in [3.05, 3.63) is 12.2 Å². The molecular weight excluding hydrogens is 254 g/mol. The molecule has 1 aromatic rings. The lowest BCUT2D eigenvalue weighted by atomic mass is 9.88. The van der Waals surface area contributed by atoms with E-state index in [1.165, 1.54) is 0 Å². The molecular formula is C14H27N5O. The Balaban J connectivity index is 2.33. The highest BCUT2D eigenvalue weighted by atomic mass is 16.1. The van der Waals surface area contributed by atoms with E-state index in [1.54, 1.807) is 6.33 Å². The molecule has 114 valence electrons. The molecule has 6 heteroatoms. The topological polar surface area (TPSA) is 85.8 Å². The first-order valence-electron chi connectivity index (χ1n) is 7.41. The quantitative estimate of drug-likeness (QED) is 0.714. The number of nitrogens with one attached hydrogen (secondary N) is 1. The van der Waals surface area contributed by atoms with Gasteiger partial charge in [0.15, 0.2) is 5.82 Å². The lowest BCUT2D eigenvalue weighted by Gasteiger charge is -2.19. The van der Waals surface area contributed by atoms with Gasteiger partial charge in [-0.05, 0) is 38.1 Å². The van der Waals surface area contributed by atoms with Gasteiger partial charge in [0.1, 0.15) is 6.33 Å². The molecule has 0 aliphatic rings. The van der Waals surface area contributed by atoms with E-state index in [-0.39, 0.29) is 5.91 Å². The average molecular weight is 281 g/mol. The van der Waals surface area contributed by atoms with Gasteiger partial charge in [-0.2, -0.15) is 0 Å². The second-order valence-electron chi connectivity index (χ2n) is 5.43. The zero-order valence-corrected chi connectivity index (χ0v) is 12.8. The highest BCUT2D eigenvalue weighted by Crippen LogP contribution is 2.20. The summed E-state index contributed by atoms with van der Waals surface area (Å²) >= 11 is 0. The Morgan fingerprint density at radius 2 is 2.20 bits per heavy atom. The maximum atomic E-state index is 11.9. The van der Waals surface area contributed by atoms with Crippen LogP contribution in [0.15, 0.2) is 6.33 Å². The average Bonchev–Trinajstić information content (AvgIpc) is 2.88. The van der Waals surface area contributed by atoms with E-state index in [4.69, 9.17) is 5.73 Å². The standard InChI is InChI=1S/C14H27N5O/c1-4-19-10-17-18-13(19)9-16-14(20)6-5-12(7-8-15)11(2)3/h10-12H,4-9,15H2,1-3H3,(H,16,20). The number of aromatic nitrogens is 3. The third-order valence-corrected chi connectivity index (χ3v) is 3.70. The van der Waals surface area contributed by atoms with Crippen molar-refractivity contribution in [1.82, 2.24) is 20.1 Å². The Bertz CT molecular complexity index is 402. The Kier molecular flexibility index (Phi) is 7.22. The van der Waals surface area contributed by atoms with Crippen molar-refractivity contribution in [3.63, 3.8) is 0 Å². The molecule has 6 nitrogen and oxygen atoms in total. The van der Waals surface area contributed by atoms with Crippen molar-refractivity contribution in [2.24, 2.45) is 17.6 Å². The van der Waals surface area contributed by atoms with E-state index in [2.05, 4.69) is 29.4 Å². The normalized spacial score (nSPS) is 12.7. The molecule has 20 heavy (non-hydrogen) atoms. The summed E-state index contributed by atoms with van der Waals surface area (Å²) in [5.41, 5.74) is 5.61. The minimum absolute atomic E-state index is 0.0679. The van der Waals surface area contributed by atoms with Crippen molar-refractivity contribution >= 4 is 5.91 Å². The van der Waals surface area contributed by atoms with E-state index in [0.717, 1.165) is 25.2 Å². The third-order valence-electron chi connectivity index (χ3n) is 3.70. The zero-order chi connectivity index (χ0) is 15.0. The summed E-state index contributed by atoms with van der Waals surface area (Å²) in [5.74, 6) is 1.95. The number of carbonyl (C=O) groups is 1. The molecule has 0 fully saturated rings. The first kappa shape index (κ1) is 16.6. The number of rotatable bonds is 9. The molecule has 1 rings (SSSR count). The van der Waals surface area contributed by atoms with Crippen LogP contribution in [0.25, 0.3) is 0 Å². The maximum Gasteiger partial charge on any atom is 0.220 e. The van der Waals surface area contributed by atoms with Crippen LogP contribution >= 0.6 is 0 Å². The molecule has 1 atom stereocenters. The fraction of sp³-hybridized carbons (Fsp3) is 0.786. The molecule has 0 bridgehead atoms. The molecule has 0 spiro atoms. The predicted molar refractivity (Wildman–Crippen MR) is 78.8 cm³/mol. The van der Waals surface area contributed by atoms with Gasteiger partial charge in [-0.1, -0.05) is 13.8 Å². The largest absolute Gasteiger partial charge is 0.349 e. The van der Waals surface area contributed by atoms with E-state index >= 15 is 0 Å². The van der Waals surface area contributed by atoms with Gasteiger partial charge < -0.3 is 15.6 Å². The Morgan fingerprint density at radius 1 is 1.45 bits per heavy atom. The summed E-state index contributed by atoms with van der Waals surface area (Å²) in [7, 11) is 0. The van der Waals surface area contributed by atoms with Gasteiger partial charge in [-0.25, -0.2) is 0 Å². The van der Waals surface area contributed by atoms with E-state index in [1.807, 2.05) is 11.5 Å². The third kappa shape index (κ3) is 5.28. The fourth-order valence-corrected chi connectivity index (χ4v) is 2.29. The predicted octanol–water partition coefficient (Wildman–Crippen LogP) is 1.32. The summed E-state index contributed by atoms with van der Waals surface area (Å²) < 4.78 is 1.92. The molecule has 1 unspecified atom stereocenters.